The highest BCUT2D eigenvalue weighted by atomic mass is 35.5. The fourth-order valence-corrected chi connectivity index (χ4v) is 1.53. The first kappa shape index (κ1) is 14.2. The average molecular weight is 271 g/mol. The van der Waals surface area contributed by atoms with E-state index in [1.807, 2.05) is 6.92 Å². The van der Waals surface area contributed by atoms with Crippen LogP contribution in [0.5, 0.6) is 0 Å². The van der Waals surface area contributed by atoms with Gasteiger partial charge in [0.15, 0.2) is 5.84 Å². The number of nitrogens with one attached hydrogen (secondary N) is 1. The summed E-state index contributed by atoms with van der Waals surface area (Å²) in [5.41, 5.74) is 4.92. The van der Waals surface area contributed by atoms with E-state index in [0.29, 0.717) is 6.42 Å². The van der Waals surface area contributed by atoms with E-state index >= 15 is 0 Å². The van der Waals surface area contributed by atoms with Gasteiger partial charge in [-0.3, -0.25) is 9.78 Å². The van der Waals surface area contributed by atoms with Crippen LogP contribution in [0.25, 0.3) is 0 Å². The van der Waals surface area contributed by atoms with Crippen molar-refractivity contribution in [3.63, 3.8) is 0 Å². The van der Waals surface area contributed by atoms with Crippen LogP contribution in [0.15, 0.2) is 23.6 Å². The summed E-state index contributed by atoms with van der Waals surface area (Å²) in [5, 5.41) is 14.6. The standard InChI is InChI=1S/C11H15ClN4O2/c1-3-11(2,10(13)16-18)15-9(17)7-4-5-14-6-8(7)12/h4-6,18H,3H2,1-2H3,(H2,13,16)(H,15,17). The van der Waals surface area contributed by atoms with Gasteiger partial charge in [-0.25, -0.2) is 0 Å². The van der Waals surface area contributed by atoms with Crippen LogP contribution in [-0.2, 0) is 0 Å². The molecule has 4 N–H and O–H groups in total. The van der Waals surface area contributed by atoms with E-state index < -0.39 is 11.4 Å². The second-order valence-corrected chi connectivity index (χ2v) is 4.39. The molecule has 1 aromatic heterocycles. The van der Waals surface area contributed by atoms with Crippen LogP contribution in [0.1, 0.15) is 30.6 Å². The molecule has 0 saturated heterocycles. The Bertz CT molecular complexity index is 478. The van der Waals surface area contributed by atoms with Gasteiger partial charge in [0.25, 0.3) is 5.91 Å². The summed E-state index contributed by atoms with van der Waals surface area (Å²) < 4.78 is 0. The molecule has 98 valence electrons. The quantitative estimate of drug-likeness (QED) is 0.333. The van der Waals surface area contributed by atoms with E-state index in [0.717, 1.165) is 0 Å². The number of pyridine rings is 1. The largest absolute Gasteiger partial charge is 0.409 e. The van der Waals surface area contributed by atoms with E-state index in [1.165, 1.54) is 18.5 Å². The molecule has 0 aliphatic rings. The van der Waals surface area contributed by atoms with Crippen LogP contribution >= 0.6 is 11.6 Å². The normalized spacial score (nSPS) is 14.9. The highest BCUT2D eigenvalue weighted by molar-refractivity contribution is 6.33. The highest BCUT2D eigenvalue weighted by Crippen LogP contribution is 2.16. The Morgan fingerprint density at radius 1 is 1.72 bits per heavy atom. The molecule has 1 heterocycles. The minimum Gasteiger partial charge on any atom is -0.409 e. The molecule has 0 bridgehead atoms. The lowest BCUT2D eigenvalue weighted by Crippen LogP contribution is -2.55. The topological polar surface area (TPSA) is 101 Å². The summed E-state index contributed by atoms with van der Waals surface area (Å²) in [5.74, 6) is -0.470. The number of amidine groups is 1. The summed E-state index contributed by atoms with van der Waals surface area (Å²) in [6.45, 7) is 3.47. The van der Waals surface area contributed by atoms with E-state index in [2.05, 4.69) is 15.5 Å². The lowest BCUT2D eigenvalue weighted by atomic mass is 9.97. The van der Waals surface area contributed by atoms with Gasteiger partial charge in [0.05, 0.1) is 16.1 Å². The monoisotopic (exact) mass is 270 g/mol. The zero-order valence-corrected chi connectivity index (χ0v) is 10.9. The molecular formula is C11H15ClN4O2. The number of hydrogen-bond donors (Lipinski definition) is 3. The number of nitrogens with zero attached hydrogens (tertiary/aromatic N) is 2. The number of rotatable bonds is 4. The lowest BCUT2D eigenvalue weighted by Gasteiger charge is -2.28. The Morgan fingerprint density at radius 3 is 2.89 bits per heavy atom. The van der Waals surface area contributed by atoms with Crippen molar-refractivity contribution < 1.29 is 10.0 Å². The molecule has 7 heteroatoms. The zero-order chi connectivity index (χ0) is 13.8. The Kier molecular flexibility index (Phi) is 4.49. The van der Waals surface area contributed by atoms with Gasteiger partial charge in [0, 0.05) is 12.4 Å². The molecule has 0 saturated carbocycles. The fraction of sp³-hybridized carbons (Fsp3) is 0.364. The Balaban J connectivity index is 2.97. The van der Waals surface area contributed by atoms with Crippen LogP contribution in [0.4, 0.5) is 0 Å². The van der Waals surface area contributed by atoms with Crippen LogP contribution in [0.2, 0.25) is 5.02 Å². The van der Waals surface area contributed by atoms with E-state index in [9.17, 15) is 4.79 Å². The molecule has 0 fully saturated rings. The molecule has 0 spiro atoms. The minimum absolute atomic E-state index is 0.0662. The molecule has 6 nitrogen and oxygen atoms in total. The lowest BCUT2D eigenvalue weighted by molar-refractivity contribution is 0.0925. The average Bonchev–Trinajstić information content (AvgIpc) is 2.37. The maximum absolute atomic E-state index is 12.0. The first-order valence-electron chi connectivity index (χ1n) is 5.34. The van der Waals surface area contributed by atoms with Crippen molar-refractivity contribution in [1.29, 1.82) is 0 Å². The van der Waals surface area contributed by atoms with Crippen molar-refractivity contribution >= 4 is 23.3 Å². The number of hydrogen-bond acceptors (Lipinski definition) is 4. The predicted octanol–water partition coefficient (Wildman–Crippen LogP) is 1.38. The van der Waals surface area contributed by atoms with Gasteiger partial charge >= 0.3 is 0 Å². The summed E-state index contributed by atoms with van der Waals surface area (Å²) in [4.78, 5) is 15.8. The number of nitrogens with two attached hydrogens (primary N) is 1. The van der Waals surface area contributed by atoms with Gasteiger partial charge in [-0.15, -0.1) is 0 Å². The van der Waals surface area contributed by atoms with Gasteiger partial charge in [0.2, 0.25) is 0 Å². The molecule has 0 aromatic carbocycles. The highest BCUT2D eigenvalue weighted by Gasteiger charge is 2.30. The minimum atomic E-state index is -0.932. The predicted molar refractivity (Wildman–Crippen MR) is 68.8 cm³/mol. The SMILES string of the molecule is CCC(C)(NC(=O)c1ccncc1Cl)C(N)=NO. The molecule has 1 atom stereocenters. The van der Waals surface area contributed by atoms with Crippen molar-refractivity contribution in [2.45, 2.75) is 25.8 Å². The summed E-state index contributed by atoms with van der Waals surface area (Å²) in [6.07, 6.45) is 3.31. The maximum atomic E-state index is 12.0. The van der Waals surface area contributed by atoms with Crippen molar-refractivity contribution in [2.75, 3.05) is 0 Å². The van der Waals surface area contributed by atoms with Crippen molar-refractivity contribution in [1.82, 2.24) is 10.3 Å². The first-order chi connectivity index (χ1) is 8.44. The van der Waals surface area contributed by atoms with Crippen LogP contribution in [0.3, 0.4) is 0 Å². The first-order valence-corrected chi connectivity index (χ1v) is 5.72. The molecule has 1 unspecified atom stereocenters. The number of carbonyl (C=O) groups is 1. The van der Waals surface area contributed by atoms with Crippen LogP contribution in [0, 0.1) is 0 Å². The number of oxime groups is 1. The van der Waals surface area contributed by atoms with Crippen LogP contribution in [-0.4, -0.2) is 27.5 Å². The third kappa shape index (κ3) is 2.89. The van der Waals surface area contributed by atoms with E-state index in [-0.39, 0.29) is 16.4 Å². The van der Waals surface area contributed by atoms with Gasteiger partial charge in [-0.05, 0) is 19.4 Å². The number of halogens is 1. The van der Waals surface area contributed by atoms with Gasteiger partial charge in [0.1, 0.15) is 0 Å². The van der Waals surface area contributed by atoms with Gasteiger partial charge < -0.3 is 16.3 Å². The summed E-state index contributed by atoms with van der Waals surface area (Å²) in [6, 6.07) is 1.50. The van der Waals surface area contributed by atoms with Crippen molar-refractivity contribution in [2.24, 2.45) is 10.9 Å². The smallest absolute Gasteiger partial charge is 0.253 e. The third-order valence-corrected chi connectivity index (χ3v) is 3.09. The van der Waals surface area contributed by atoms with Crippen molar-refractivity contribution in [3.8, 4) is 0 Å². The third-order valence-electron chi connectivity index (χ3n) is 2.79. The Morgan fingerprint density at radius 2 is 2.39 bits per heavy atom. The zero-order valence-electron chi connectivity index (χ0n) is 10.1. The number of carbonyl (C=O) groups excluding carboxylic acids is 1. The molecule has 18 heavy (non-hydrogen) atoms. The fourth-order valence-electron chi connectivity index (χ4n) is 1.32. The van der Waals surface area contributed by atoms with E-state index in [4.69, 9.17) is 22.5 Å². The molecular weight excluding hydrogens is 256 g/mol. The number of aromatic nitrogens is 1. The molecule has 0 aliphatic carbocycles. The summed E-state index contributed by atoms with van der Waals surface area (Å²) in [7, 11) is 0. The Labute approximate surface area is 110 Å². The van der Waals surface area contributed by atoms with Gasteiger partial charge in [-0.1, -0.05) is 23.7 Å². The number of amides is 1. The van der Waals surface area contributed by atoms with Gasteiger partial charge in [-0.2, -0.15) is 0 Å². The van der Waals surface area contributed by atoms with E-state index in [1.54, 1.807) is 6.92 Å². The molecule has 0 radical (unpaired) electrons. The summed E-state index contributed by atoms with van der Waals surface area (Å²) >= 11 is 5.87. The van der Waals surface area contributed by atoms with Crippen molar-refractivity contribution in [3.05, 3.63) is 29.0 Å². The second kappa shape index (κ2) is 5.68. The molecule has 1 rings (SSSR count). The molecule has 0 aliphatic heterocycles. The molecule has 1 amide bonds. The molecule has 1 aromatic rings. The maximum Gasteiger partial charge on any atom is 0.253 e. The van der Waals surface area contributed by atoms with Crippen LogP contribution < -0.4 is 11.1 Å². The second-order valence-electron chi connectivity index (χ2n) is 3.98. The Hall–Kier alpha value is -1.82.